The van der Waals surface area contributed by atoms with E-state index in [0.717, 1.165) is 16.7 Å². The molecule has 0 aliphatic heterocycles. The van der Waals surface area contributed by atoms with Gasteiger partial charge in [0.25, 0.3) is 0 Å². The van der Waals surface area contributed by atoms with Gasteiger partial charge in [0.1, 0.15) is 5.75 Å². The van der Waals surface area contributed by atoms with E-state index < -0.39 is 0 Å². The molecule has 3 aromatic carbocycles. The van der Waals surface area contributed by atoms with E-state index in [1.54, 1.807) is 6.07 Å². The Bertz CT molecular complexity index is 903. The zero-order chi connectivity index (χ0) is 18.0. The van der Waals surface area contributed by atoms with Crippen LogP contribution in [-0.2, 0) is 5.41 Å². The van der Waals surface area contributed by atoms with Gasteiger partial charge < -0.3 is 5.11 Å². The number of carbonyl (C=O) groups excluding carboxylic acids is 1. The highest BCUT2D eigenvalue weighted by atomic mass is 16.3. The van der Waals surface area contributed by atoms with Gasteiger partial charge in [-0.25, -0.2) is 0 Å². The zero-order valence-corrected chi connectivity index (χ0v) is 14.8. The molecular formula is C23H22O2. The Morgan fingerprint density at radius 2 is 1.48 bits per heavy atom. The SMILES string of the molecule is CC(C)(C)c1cc(-c2ccccc2C(=O)c2ccccc2)ccc1O. The monoisotopic (exact) mass is 330 g/mol. The third-order valence-corrected chi connectivity index (χ3v) is 4.32. The molecule has 0 aliphatic carbocycles. The van der Waals surface area contributed by atoms with Crippen LogP contribution >= 0.6 is 0 Å². The number of hydrogen-bond acceptors (Lipinski definition) is 2. The van der Waals surface area contributed by atoms with E-state index in [1.807, 2.05) is 66.7 Å². The number of carbonyl (C=O) groups is 1. The number of ketones is 1. The lowest BCUT2D eigenvalue weighted by Crippen LogP contribution is -2.11. The highest BCUT2D eigenvalue weighted by Crippen LogP contribution is 2.35. The summed E-state index contributed by atoms with van der Waals surface area (Å²) in [6, 6.07) is 22.5. The van der Waals surface area contributed by atoms with Crippen LogP contribution in [0.15, 0.2) is 72.8 Å². The van der Waals surface area contributed by atoms with Crippen molar-refractivity contribution in [2.24, 2.45) is 0 Å². The molecule has 0 saturated heterocycles. The standard InChI is InChI=1S/C23H22O2/c1-23(2,3)20-15-17(13-14-21(20)24)18-11-7-8-12-19(18)22(25)16-9-5-4-6-10-16/h4-15,24H,1-3H3. The lowest BCUT2D eigenvalue weighted by molar-refractivity contribution is 0.103. The fourth-order valence-corrected chi connectivity index (χ4v) is 2.98. The van der Waals surface area contributed by atoms with Crippen molar-refractivity contribution in [3.8, 4) is 16.9 Å². The lowest BCUT2D eigenvalue weighted by Gasteiger charge is -2.21. The van der Waals surface area contributed by atoms with Gasteiger partial charge in [-0.3, -0.25) is 4.79 Å². The van der Waals surface area contributed by atoms with Gasteiger partial charge in [0.2, 0.25) is 0 Å². The molecular weight excluding hydrogens is 308 g/mol. The van der Waals surface area contributed by atoms with Crippen LogP contribution < -0.4 is 0 Å². The number of benzene rings is 3. The van der Waals surface area contributed by atoms with Crippen LogP contribution in [0.5, 0.6) is 5.75 Å². The maximum atomic E-state index is 12.9. The molecule has 0 bridgehead atoms. The Labute approximate surface area is 148 Å². The van der Waals surface area contributed by atoms with Crippen LogP contribution in [0.4, 0.5) is 0 Å². The molecule has 0 aliphatic rings. The minimum absolute atomic E-state index is 0.00147. The minimum Gasteiger partial charge on any atom is -0.508 e. The molecule has 0 saturated carbocycles. The maximum absolute atomic E-state index is 12.9. The molecule has 0 radical (unpaired) electrons. The van der Waals surface area contributed by atoms with E-state index in [0.29, 0.717) is 11.1 Å². The average Bonchev–Trinajstić information content (AvgIpc) is 2.61. The van der Waals surface area contributed by atoms with E-state index in [4.69, 9.17) is 0 Å². The van der Waals surface area contributed by atoms with E-state index in [1.165, 1.54) is 0 Å². The average molecular weight is 330 g/mol. The van der Waals surface area contributed by atoms with Crippen molar-refractivity contribution < 1.29 is 9.90 Å². The highest BCUT2D eigenvalue weighted by Gasteiger charge is 2.20. The first kappa shape index (κ1) is 17.0. The van der Waals surface area contributed by atoms with Gasteiger partial charge in [-0.1, -0.05) is 81.4 Å². The number of phenolic OH excluding ortho intramolecular Hbond substituents is 1. The Morgan fingerprint density at radius 3 is 2.16 bits per heavy atom. The van der Waals surface area contributed by atoms with Gasteiger partial charge >= 0.3 is 0 Å². The summed E-state index contributed by atoms with van der Waals surface area (Å²) in [5.41, 5.74) is 3.83. The molecule has 25 heavy (non-hydrogen) atoms. The molecule has 0 spiro atoms. The molecule has 1 N–H and O–H groups in total. The van der Waals surface area contributed by atoms with Crippen molar-refractivity contribution in [1.82, 2.24) is 0 Å². The summed E-state index contributed by atoms with van der Waals surface area (Å²) in [5, 5.41) is 10.2. The second kappa shape index (κ2) is 6.56. The summed E-state index contributed by atoms with van der Waals surface area (Å²) in [7, 11) is 0. The highest BCUT2D eigenvalue weighted by molar-refractivity contribution is 6.12. The van der Waals surface area contributed by atoms with Crippen LogP contribution in [0.2, 0.25) is 0 Å². The van der Waals surface area contributed by atoms with Crippen molar-refractivity contribution in [3.05, 3.63) is 89.5 Å². The largest absolute Gasteiger partial charge is 0.508 e. The van der Waals surface area contributed by atoms with Gasteiger partial charge in [-0.2, -0.15) is 0 Å². The van der Waals surface area contributed by atoms with Gasteiger partial charge in [0.15, 0.2) is 5.78 Å². The van der Waals surface area contributed by atoms with Crippen molar-refractivity contribution in [3.63, 3.8) is 0 Å². The Hall–Kier alpha value is -2.87. The fourth-order valence-electron chi connectivity index (χ4n) is 2.98. The third-order valence-electron chi connectivity index (χ3n) is 4.32. The summed E-state index contributed by atoms with van der Waals surface area (Å²) in [6.45, 7) is 6.19. The smallest absolute Gasteiger partial charge is 0.193 e. The molecule has 3 aromatic rings. The van der Waals surface area contributed by atoms with Crippen molar-refractivity contribution in [2.45, 2.75) is 26.2 Å². The quantitative estimate of drug-likeness (QED) is 0.636. The molecule has 0 aromatic heterocycles. The first-order valence-corrected chi connectivity index (χ1v) is 8.40. The fraction of sp³-hybridized carbons (Fsp3) is 0.174. The summed E-state index contributed by atoms with van der Waals surface area (Å²) < 4.78 is 0. The summed E-state index contributed by atoms with van der Waals surface area (Å²) >= 11 is 0. The van der Waals surface area contributed by atoms with E-state index in [9.17, 15) is 9.90 Å². The predicted octanol–water partition coefficient (Wildman–Crippen LogP) is 5.59. The number of hydrogen-bond donors (Lipinski definition) is 1. The number of phenols is 1. The summed E-state index contributed by atoms with van der Waals surface area (Å²) in [6.07, 6.45) is 0. The van der Waals surface area contributed by atoms with Crippen molar-refractivity contribution in [1.29, 1.82) is 0 Å². The molecule has 3 rings (SSSR count). The van der Waals surface area contributed by atoms with Gasteiger partial charge in [-0.05, 0) is 34.2 Å². The second-order valence-corrected chi connectivity index (χ2v) is 7.22. The second-order valence-electron chi connectivity index (χ2n) is 7.22. The normalized spacial score (nSPS) is 11.3. The Balaban J connectivity index is 2.13. The first-order valence-electron chi connectivity index (χ1n) is 8.40. The van der Waals surface area contributed by atoms with Gasteiger partial charge in [-0.15, -0.1) is 0 Å². The molecule has 0 fully saturated rings. The number of rotatable bonds is 3. The van der Waals surface area contributed by atoms with E-state index in [-0.39, 0.29) is 16.9 Å². The van der Waals surface area contributed by atoms with Crippen LogP contribution in [0, 0.1) is 0 Å². The molecule has 0 atom stereocenters. The Morgan fingerprint density at radius 1 is 0.840 bits per heavy atom. The summed E-state index contributed by atoms with van der Waals surface area (Å²) in [4.78, 5) is 12.9. The minimum atomic E-state index is -0.182. The molecule has 2 nitrogen and oxygen atoms in total. The first-order chi connectivity index (χ1) is 11.9. The van der Waals surface area contributed by atoms with Gasteiger partial charge in [0, 0.05) is 11.1 Å². The lowest BCUT2D eigenvalue weighted by atomic mass is 9.84. The van der Waals surface area contributed by atoms with Crippen molar-refractivity contribution >= 4 is 5.78 Å². The molecule has 0 unspecified atom stereocenters. The van der Waals surface area contributed by atoms with Crippen LogP contribution in [0.3, 0.4) is 0 Å². The number of aromatic hydroxyl groups is 1. The topological polar surface area (TPSA) is 37.3 Å². The van der Waals surface area contributed by atoms with Crippen LogP contribution in [0.1, 0.15) is 42.3 Å². The zero-order valence-electron chi connectivity index (χ0n) is 14.8. The summed E-state index contributed by atoms with van der Waals surface area (Å²) in [5.74, 6) is 0.282. The van der Waals surface area contributed by atoms with Crippen LogP contribution in [0.25, 0.3) is 11.1 Å². The maximum Gasteiger partial charge on any atom is 0.193 e. The van der Waals surface area contributed by atoms with Crippen LogP contribution in [-0.4, -0.2) is 10.9 Å². The molecule has 2 heteroatoms. The van der Waals surface area contributed by atoms with Crippen molar-refractivity contribution in [2.75, 3.05) is 0 Å². The predicted molar refractivity (Wildman–Crippen MR) is 102 cm³/mol. The Kier molecular flexibility index (Phi) is 4.45. The molecule has 0 heterocycles. The molecule has 0 amide bonds. The third kappa shape index (κ3) is 3.48. The van der Waals surface area contributed by atoms with E-state index in [2.05, 4.69) is 20.8 Å². The van der Waals surface area contributed by atoms with Gasteiger partial charge in [0.05, 0.1) is 0 Å². The van der Waals surface area contributed by atoms with E-state index >= 15 is 0 Å². The molecule has 126 valence electrons.